The Morgan fingerprint density at radius 1 is 0.714 bits per heavy atom. The van der Waals surface area contributed by atoms with Gasteiger partial charge >= 0.3 is 0 Å². The molecular weight excluding hydrogens is 254 g/mol. The van der Waals surface area contributed by atoms with E-state index in [1.54, 1.807) is 11.1 Å². The molecule has 0 radical (unpaired) electrons. The lowest BCUT2D eigenvalue weighted by atomic mass is 9.77. The summed E-state index contributed by atoms with van der Waals surface area (Å²) < 4.78 is 0. The Kier molecular flexibility index (Phi) is 3.52. The molecule has 0 bridgehead atoms. The van der Waals surface area contributed by atoms with Crippen molar-refractivity contribution in [3.8, 4) is 0 Å². The first-order valence-corrected chi connectivity index (χ1v) is 8.27. The zero-order valence-corrected chi connectivity index (χ0v) is 12.5. The van der Waals surface area contributed by atoms with Gasteiger partial charge in [0, 0.05) is 12.5 Å². The molecule has 1 heterocycles. The molecule has 2 aromatic rings. The van der Waals surface area contributed by atoms with Gasteiger partial charge in [-0.15, -0.1) is 0 Å². The Bertz CT molecular complexity index is 600. The molecule has 2 aliphatic rings. The van der Waals surface area contributed by atoms with E-state index in [-0.39, 0.29) is 0 Å². The van der Waals surface area contributed by atoms with E-state index in [0.717, 1.165) is 19.0 Å². The van der Waals surface area contributed by atoms with Crippen LogP contribution < -0.4 is 5.32 Å². The maximum Gasteiger partial charge on any atom is 0.00326 e. The molecule has 1 nitrogen and oxygen atoms in total. The van der Waals surface area contributed by atoms with Crippen molar-refractivity contribution in [3.63, 3.8) is 0 Å². The predicted molar refractivity (Wildman–Crippen MR) is 87.8 cm³/mol. The molecule has 1 heteroatoms. The zero-order valence-electron chi connectivity index (χ0n) is 12.5. The van der Waals surface area contributed by atoms with E-state index in [9.17, 15) is 0 Å². The normalized spacial score (nSPS) is 25.7. The summed E-state index contributed by atoms with van der Waals surface area (Å²) in [6.07, 6.45) is 4.02. The molecule has 0 spiro atoms. The molecule has 4 rings (SSSR count). The van der Waals surface area contributed by atoms with Crippen LogP contribution >= 0.6 is 0 Å². The fourth-order valence-electron chi connectivity index (χ4n) is 3.77. The topological polar surface area (TPSA) is 12.0 Å². The lowest BCUT2D eigenvalue weighted by Gasteiger charge is -2.33. The summed E-state index contributed by atoms with van der Waals surface area (Å²) in [7, 11) is 0. The zero-order chi connectivity index (χ0) is 14.1. The standard InChI is InChI=1S/C20H23N/c1-2-5-16(6-3-1)20-14-21-12-11-19(20)18-8-4-7-17(13-18)15-9-10-15/h1-8,13,15,19-21H,9-12,14H2. The van der Waals surface area contributed by atoms with Gasteiger partial charge in [-0.3, -0.25) is 0 Å². The Morgan fingerprint density at radius 3 is 2.29 bits per heavy atom. The molecule has 0 amide bonds. The van der Waals surface area contributed by atoms with Crippen molar-refractivity contribution < 1.29 is 0 Å². The highest BCUT2D eigenvalue weighted by atomic mass is 14.9. The van der Waals surface area contributed by atoms with Crippen LogP contribution in [-0.2, 0) is 0 Å². The maximum atomic E-state index is 3.58. The summed E-state index contributed by atoms with van der Waals surface area (Å²) in [5, 5.41) is 3.58. The smallest absolute Gasteiger partial charge is 0.00326 e. The Labute approximate surface area is 127 Å². The van der Waals surface area contributed by atoms with E-state index in [2.05, 4.69) is 59.9 Å². The fraction of sp³-hybridized carbons (Fsp3) is 0.400. The van der Waals surface area contributed by atoms with Crippen molar-refractivity contribution in [3.05, 3.63) is 71.3 Å². The lowest BCUT2D eigenvalue weighted by Crippen LogP contribution is -2.34. The lowest BCUT2D eigenvalue weighted by molar-refractivity contribution is 0.404. The SMILES string of the molecule is c1ccc(C2CNCCC2c2cccc(C3CC3)c2)cc1. The number of hydrogen-bond acceptors (Lipinski definition) is 1. The Balaban J connectivity index is 1.66. The maximum absolute atomic E-state index is 3.58. The van der Waals surface area contributed by atoms with Crippen LogP contribution in [0.3, 0.4) is 0 Å². The fourth-order valence-corrected chi connectivity index (χ4v) is 3.77. The van der Waals surface area contributed by atoms with Gasteiger partial charge in [0.05, 0.1) is 0 Å². The third-order valence-corrected chi connectivity index (χ3v) is 5.10. The van der Waals surface area contributed by atoms with Gasteiger partial charge in [-0.05, 0) is 54.3 Å². The molecule has 1 N–H and O–H groups in total. The van der Waals surface area contributed by atoms with Gasteiger partial charge in [0.2, 0.25) is 0 Å². The largest absolute Gasteiger partial charge is 0.316 e. The van der Waals surface area contributed by atoms with Gasteiger partial charge in [-0.2, -0.15) is 0 Å². The number of nitrogens with one attached hydrogen (secondary N) is 1. The highest BCUT2D eigenvalue weighted by molar-refractivity contribution is 5.35. The summed E-state index contributed by atoms with van der Waals surface area (Å²) in [5.41, 5.74) is 4.60. The van der Waals surface area contributed by atoms with Crippen molar-refractivity contribution in [1.82, 2.24) is 5.32 Å². The molecule has 2 atom stereocenters. The third-order valence-electron chi connectivity index (χ3n) is 5.10. The van der Waals surface area contributed by atoms with Gasteiger partial charge in [-0.25, -0.2) is 0 Å². The monoisotopic (exact) mass is 277 g/mol. The predicted octanol–water partition coefficient (Wildman–Crippen LogP) is 4.42. The highest BCUT2D eigenvalue weighted by Crippen LogP contribution is 2.43. The van der Waals surface area contributed by atoms with Crippen LogP contribution in [0.5, 0.6) is 0 Å². The summed E-state index contributed by atoms with van der Waals surface area (Å²) in [6, 6.07) is 20.4. The summed E-state index contributed by atoms with van der Waals surface area (Å²) in [4.78, 5) is 0. The summed E-state index contributed by atoms with van der Waals surface area (Å²) in [6.45, 7) is 2.24. The Hall–Kier alpha value is -1.60. The Morgan fingerprint density at radius 2 is 1.48 bits per heavy atom. The minimum Gasteiger partial charge on any atom is -0.316 e. The van der Waals surface area contributed by atoms with Gasteiger partial charge in [-0.1, -0.05) is 54.6 Å². The second kappa shape index (κ2) is 5.65. The molecule has 21 heavy (non-hydrogen) atoms. The first-order valence-electron chi connectivity index (χ1n) is 8.27. The molecule has 0 aromatic heterocycles. The van der Waals surface area contributed by atoms with Gasteiger partial charge in [0.25, 0.3) is 0 Å². The average molecular weight is 277 g/mol. The van der Waals surface area contributed by atoms with Crippen LogP contribution in [0.25, 0.3) is 0 Å². The third kappa shape index (κ3) is 2.75. The van der Waals surface area contributed by atoms with Crippen LogP contribution in [-0.4, -0.2) is 13.1 Å². The first kappa shape index (κ1) is 13.1. The van der Waals surface area contributed by atoms with E-state index in [1.807, 2.05) is 0 Å². The highest BCUT2D eigenvalue weighted by Gasteiger charge is 2.29. The van der Waals surface area contributed by atoms with Gasteiger partial charge < -0.3 is 5.32 Å². The van der Waals surface area contributed by atoms with Crippen LogP contribution in [0.15, 0.2) is 54.6 Å². The van der Waals surface area contributed by atoms with E-state index >= 15 is 0 Å². The minimum absolute atomic E-state index is 0.606. The van der Waals surface area contributed by atoms with Gasteiger partial charge in [0.1, 0.15) is 0 Å². The molecule has 108 valence electrons. The van der Waals surface area contributed by atoms with Crippen LogP contribution in [0, 0.1) is 0 Å². The van der Waals surface area contributed by atoms with E-state index < -0.39 is 0 Å². The molecule has 1 saturated carbocycles. The van der Waals surface area contributed by atoms with E-state index in [4.69, 9.17) is 0 Å². The molecule has 2 unspecified atom stereocenters. The average Bonchev–Trinajstić information content (AvgIpc) is 3.41. The quantitative estimate of drug-likeness (QED) is 0.875. The number of benzene rings is 2. The van der Waals surface area contributed by atoms with Crippen molar-refractivity contribution in [2.75, 3.05) is 13.1 Å². The van der Waals surface area contributed by atoms with Crippen molar-refractivity contribution >= 4 is 0 Å². The molecular formula is C20H23N. The molecule has 1 aliphatic heterocycles. The number of rotatable bonds is 3. The minimum atomic E-state index is 0.606. The second-order valence-corrected chi connectivity index (χ2v) is 6.56. The molecule has 1 saturated heterocycles. The molecule has 2 fully saturated rings. The molecule has 1 aliphatic carbocycles. The van der Waals surface area contributed by atoms with Crippen molar-refractivity contribution in [2.45, 2.75) is 37.0 Å². The van der Waals surface area contributed by atoms with Crippen molar-refractivity contribution in [1.29, 1.82) is 0 Å². The first-order chi connectivity index (χ1) is 10.4. The summed E-state index contributed by atoms with van der Waals surface area (Å²) in [5.74, 6) is 2.11. The number of hydrogen-bond donors (Lipinski definition) is 1. The van der Waals surface area contributed by atoms with Crippen LogP contribution in [0.4, 0.5) is 0 Å². The van der Waals surface area contributed by atoms with E-state index in [0.29, 0.717) is 11.8 Å². The summed E-state index contributed by atoms with van der Waals surface area (Å²) >= 11 is 0. The van der Waals surface area contributed by atoms with Crippen molar-refractivity contribution in [2.24, 2.45) is 0 Å². The molecule has 2 aromatic carbocycles. The van der Waals surface area contributed by atoms with E-state index in [1.165, 1.54) is 24.8 Å². The van der Waals surface area contributed by atoms with Crippen LogP contribution in [0.2, 0.25) is 0 Å². The van der Waals surface area contributed by atoms with Crippen LogP contribution in [0.1, 0.15) is 53.7 Å². The van der Waals surface area contributed by atoms with Gasteiger partial charge in [0.15, 0.2) is 0 Å². The number of piperidine rings is 1. The second-order valence-electron chi connectivity index (χ2n) is 6.56.